The summed E-state index contributed by atoms with van der Waals surface area (Å²) in [6, 6.07) is 2.06. The lowest BCUT2D eigenvalue weighted by atomic mass is 10.2. The third-order valence-electron chi connectivity index (χ3n) is 5.03. The molecule has 2 saturated heterocycles. The van der Waals surface area contributed by atoms with E-state index >= 15 is 0 Å². The zero-order valence-electron chi connectivity index (χ0n) is 13.4. The van der Waals surface area contributed by atoms with Crippen molar-refractivity contribution in [3.63, 3.8) is 0 Å². The molecule has 1 N–H and O–H groups in total. The first kappa shape index (κ1) is 15.8. The van der Waals surface area contributed by atoms with Gasteiger partial charge in [-0.15, -0.1) is 0 Å². The van der Waals surface area contributed by atoms with Crippen LogP contribution in [0, 0.1) is 0 Å². The molecule has 1 amide bonds. The van der Waals surface area contributed by atoms with Gasteiger partial charge in [-0.25, -0.2) is 18.4 Å². The highest BCUT2D eigenvalue weighted by atomic mass is 32.2. The van der Waals surface area contributed by atoms with Gasteiger partial charge in [0, 0.05) is 31.3 Å². The van der Waals surface area contributed by atoms with E-state index in [1.54, 1.807) is 4.90 Å². The number of aromatic nitrogens is 2. The summed E-state index contributed by atoms with van der Waals surface area (Å²) in [7, 11) is -3.47. The molecule has 1 saturated carbocycles. The summed E-state index contributed by atoms with van der Waals surface area (Å²) in [6.07, 6.45) is 4.01. The Balaban J connectivity index is 1.64. The van der Waals surface area contributed by atoms with Crippen molar-refractivity contribution in [2.45, 2.75) is 42.4 Å². The molecule has 2 aliphatic heterocycles. The lowest BCUT2D eigenvalue weighted by Crippen LogP contribution is -2.50. The molecule has 1 aliphatic carbocycles. The van der Waals surface area contributed by atoms with Gasteiger partial charge < -0.3 is 14.9 Å². The second-order valence-corrected chi connectivity index (χ2v) is 8.79. The van der Waals surface area contributed by atoms with E-state index in [0.717, 1.165) is 31.2 Å². The minimum Gasteiger partial charge on any atom is -0.387 e. The molecule has 1 aromatic rings. The van der Waals surface area contributed by atoms with Crippen LogP contribution in [0.1, 0.15) is 30.9 Å². The summed E-state index contributed by atoms with van der Waals surface area (Å²) in [6.45, 7) is 0.683. The van der Waals surface area contributed by atoms with Crippen LogP contribution in [-0.2, 0) is 14.6 Å². The molecule has 0 unspecified atom stereocenters. The topological polar surface area (TPSA) is 104 Å². The van der Waals surface area contributed by atoms with Crippen molar-refractivity contribution < 1.29 is 18.3 Å². The Bertz CT molecular complexity index is 793. The quantitative estimate of drug-likeness (QED) is 0.731. The van der Waals surface area contributed by atoms with Crippen LogP contribution in [0.2, 0.25) is 0 Å². The Morgan fingerprint density at radius 3 is 2.58 bits per heavy atom. The van der Waals surface area contributed by atoms with Crippen molar-refractivity contribution in [2.75, 3.05) is 30.9 Å². The summed E-state index contributed by atoms with van der Waals surface area (Å²) in [5.41, 5.74) is 0.798. The highest BCUT2D eigenvalue weighted by Crippen LogP contribution is 2.41. The van der Waals surface area contributed by atoms with Crippen LogP contribution < -0.4 is 4.90 Å². The summed E-state index contributed by atoms with van der Waals surface area (Å²) in [5.74, 6) is 0.718. The number of anilines is 1. The molecular weight excluding hydrogens is 332 g/mol. The van der Waals surface area contributed by atoms with Gasteiger partial charge in [0.25, 0.3) is 0 Å². The van der Waals surface area contributed by atoms with Crippen LogP contribution in [0.15, 0.2) is 11.2 Å². The monoisotopic (exact) mass is 352 g/mol. The van der Waals surface area contributed by atoms with E-state index in [-0.39, 0.29) is 23.1 Å². The van der Waals surface area contributed by atoms with E-state index in [9.17, 15) is 13.2 Å². The number of rotatable bonds is 4. The van der Waals surface area contributed by atoms with Gasteiger partial charge in [-0.1, -0.05) is 0 Å². The number of aliphatic hydroxyl groups excluding tert-OH is 1. The summed E-state index contributed by atoms with van der Waals surface area (Å²) < 4.78 is 23.8. The second kappa shape index (κ2) is 5.38. The Kier molecular flexibility index (Phi) is 3.54. The molecule has 24 heavy (non-hydrogen) atoms. The predicted octanol–water partition coefficient (Wildman–Crippen LogP) is -0.461. The molecule has 3 aliphatic rings. The summed E-state index contributed by atoms with van der Waals surface area (Å²) in [4.78, 5) is 24.0. The molecule has 2 atom stereocenters. The summed E-state index contributed by atoms with van der Waals surface area (Å²) >= 11 is 0. The number of carbonyl (C=O) groups excluding carboxylic acids is 1. The minimum atomic E-state index is -3.47. The number of sulfone groups is 1. The molecule has 1 aromatic heterocycles. The Labute approximate surface area is 140 Å². The average molecular weight is 352 g/mol. The van der Waals surface area contributed by atoms with Crippen LogP contribution >= 0.6 is 0 Å². The van der Waals surface area contributed by atoms with Gasteiger partial charge >= 0.3 is 0 Å². The van der Waals surface area contributed by atoms with Crippen LogP contribution in [0.3, 0.4) is 0 Å². The lowest BCUT2D eigenvalue weighted by molar-refractivity contribution is -0.135. The van der Waals surface area contributed by atoms with Crippen molar-refractivity contribution in [1.82, 2.24) is 14.9 Å². The predicted molar refractivity (Wildman–Crippen MR) is 85.5 cm³/mol. The maximum atomic E-state index is 11.9. The van der Waals surface area contributed by atoms with Crippen LogP contribution in [0.5, 0.6) is 0 Å². The van der Waals surface area contributed by atoms with Gasteiger partial charge in [-0.3, -0.25) is 4.79 Å². The Hall–Kier alpha value is -1.74. The molecule has 0 aromatic carbocycles. The first-order valence-corrected chi connectivity index (χ1v) is 10.0. The van der Waals surface area contributed by atoms with E-state index in [1.165, 1.54) is 0 Å². The van der Waals surface area contributed by atoms with E-state index in [0.29, 0.717) is 24.8 Å². The molecule has 0 radical (unpaired) electrons. The van der Waals surface area contributed by atoms with Crippen molar-refractivity contribution >= 4 is 21.6 Å². The molecule has 0 spiro atoms. The fourth-order valence-corrected chi connectivity index (χ4v) is 4.21. The molecule has 3 fully saturated rings. The van der Waals surface area contributed by atoms with Gasteiger partial charge in [0.15, 0.2) is 0 Å². The van der Waals surface area contributed by atoms with Gasteiger partial charge in [0.1, 0.15) is 12.4 Å². The zero-order valence-corrected chi connectivity index (χ0v) is 14.2. The van der Waals surface area contributed by atoms with Gasteiger partial charge in [0.05, 0.1) is 17.8 Å². The van der Waals surface area contributed by atoms with Crippen molar-refractivity contribution in [2.24, 2.45) is 0 Å². The maximum absolute atomic E-state index is 11.9. The van der Waals surface area contributed by atoms with Crippen LogP contribution in [0.25, 0.3) is 0 Å². The largest absolute Gasteiger partial charge is 0.387 e. The van der Waals surface area contributed by atoms with Crippen molar-refractivity contribution in [3.8, 4) is 0 Å². The molecule has 130 valence electrons. The van der Waals surface area contributed by atoms with Gasteiger partial charge in [-0.2, -0.15) is 0 Å². The average Bonchev–Trinajstić information content (AvgIpc) is 3.22. The SMILES string of the molecule is CS(=O)(=O)c1nc(C2CC2)cc(N2C[C@@H]3C[C@H]2CN3C(=O)CO)n1. The number of hydrogen-bond donors (Lipinski definition) is 1. The summed E-state index contributed by atoms with van der Waals surface area (Å²) in [5, 5.41) is 8.93. The standard InChI is InChI=1S/C15H20N4O4S/c1-24(22,23)15-16-12(9-2-3-9)5-13(17-15)18-6-11-4-10(18)7-19(11)14(21)8-20/h5,9-11,20H,2-4,6-8H2,1H3/t10-,11-/m0/s1. The smallest absolute Gasteiger partial charge is 0.248 e. The number of piperazine rings is 1. The molecule has 2 bridgehead atoms. The first-order chi connectivity index (χ1) is 11.4. The van der Waals surface area contributed by atoms with E-state index in [1.807, 2.05) is 6.07 Å². The normalized spacial score (nSPS) is 26.2. The molecule has 9 heteroatoms. The molecule has 3 heterocycles. The fourth-order valence-electron chi connectivity index (χ4n) is 3.68. The number of hydrogen-bond acceptors (Lipinski definition) is 7. The number of amides is 1. The Morgan fingerprint density at radius 1 is 1.29 bits per heavy atom. The first-order valence-electron chi connectivity index (χ1n) is 8.13. The van der Waals surface area contributed by atoms with Crippen LogP contribution in [-0.4, -0.2) is 72.3 Å². The van der Waals surface area contributed by atoms with Crippen molar-refractivity contribution in [3.05, 3.63) is 11.8 Å². The highest BCUT2D eigenvalue weighted by molar-refractivity contribution is 7.90. The molecule has 4 rings (SSSR count). The zero-order chi connectivity index (χ0) is 17.1. The van der Waals surface area contributed by atoms with Gasteiger partial charge in [-0.05, 0) is 19.3 Å². The second-order valence-electron chi connectivity index (χ2n) is 6.88. The number of fused-ring (bicyclic) bond motifs is 2. The van der Waals surface area contributed by atoms with Crippen LogP contribution in [0.4, 0.5) is 5.82 Å². The lowest BCUT2D eigenvalue weighted by Gasteiger charge is -2.34. The molecule has 8 nitrogen and oxygen atoms in total. The van der Waals surface area contributed by atoms with Gasteiger partial charge in [0.2, 0.25) is 20.9 Å². The number of carbonyl (C=O) groups is 1. The minimum absolute atomic E-state index is 0.0515. The molecular formula is C15H20N4O4S. The number of nitrogens with zero attached hydrogens (tertiary/aromatic N) is 4. The van der Waals surface area contributed by atoms with E-state index in [2.05, 4.69) is 14.9 Å². The van der Waals surface area contributed by atoms with E-state index in [4.69, 9.17) is 5.11 Å². The van der Waals surface area contributed by atoms with Crippen molar-refractivity contribution in [1.29, 1.82) is 0 Å². The third kappa shape index (κ3) is 2.65. The highest BCUT2D eigenvalue weighted by Gasteiger charge is 2.46. The van der Waals surface area contributed by atoms with E-state index < -0.39 is 16.4 Å². The Morgan fingerprint density at radius 2 is 2.04 bits per heavy atom. The number of aliphatic hydroxyl groups is 1. The number of likely N-dealkylation sites (tertiary alicyclic amines) is 1. The maximum Gasteiger partial charge on any atom is 0.248 e. The fraction of sp³-hybridized carbons (Fsp3) is 0.667. The third-order valence-corrected chi connectivity index (χ3v) is 5.88.